The van der Waals surface area contributed by atoms with E-state index >= 15 is 0 Å². The Kier molecular flexibility index (Phi) is 23.4. The minimum atomic E-state index is -1.59. The van der Waals surface area contributed by atoms with Gasteiger partial charge in [-0.1, -0.05) is 20.3 Å². The van der Waals surface area contributed by atoms with Crippen molar-refractivity contribution in [3.63, 3.8) is 0 Å². The van der Waals surface area contributed by atoms with E-state index in [0.717, 1.165) is 0 Å². The van der Waals surface area contributed by atoms with E-state index in [2.05, 4.69) is 42.2 Å². The van der Waals surface area contributed by atoms with Crippen LogP contribution in [0.4, 0.5) is 0 Å². The lowest BCUT2D eigenvalue weighted by Crippen LogP contribution is -2.61. The lowest BCUT2D eigenvalue weighted by atomic mass is 9.97. The van der Waals surface area contributed by atoms with Gasteiger partial charge in [0.1, 0.15) is 30.2 Å². The summed E-state index contributed by atoms with van der Waals surface area (Å²) >= 11 is 0. The zero-order valence-electron chi connectivity index (χ0n) is 31.7. The zero-order chi connectivity index (χ0) is 40.7. The molecule has 0 aliphatic carbocycles. The Balaban J connectivity index is 6.31. The number of primary amides is 1. The molecule has 7 atom stereocenters. The van der Waals surface area contributed by atoms with Crippen molar-refractivity contribution in [2.75, 3.05) is 19.6 Å². The summed E-state index contributed by atoms with van der Waals surface area (Å²) in [6.07, 6.45) is -0.308. The fraction of sp³-hybridized carbons (Fsp3) is 0.727. The number of likely N-dealkylation sites (N-methyl/N-ethyl adjacent to an activating group) is 1. The minimum Gasteiger partial charge on any atom is -0.391 e. The Morgan fingerprint density at radius 1 is 0.623 bits per heavy atom. The van der Waals surface area contributed by atoms with E-state index in [1.165, 1.54) is 20.8 Å². The van der Waals surface area contributed by atoms with Crippen molar-refractivity contribution in [2.24, 2.45) is 28.1 Å². The van der Waals surface area contributed by atoms with Crippen LogP contribution in [-0.2, 0) is 38.4 Å². The molecule has 20 heteroatoms. The quantitative estimate of drug-likeness (QED) is 0.0235. The Hall–Kier alpha value is -5.01. The van der Waals surface area contributed by atoms with E-state index in [1.807, 2.05) is 0 Å². The molecule has 0 spiro atoms. The summed E-state index contributed by atoms with van der Waals surface area (Å²) in [5, 5.41) is 28.4. The lowest BCUT2D eigenvalue weighted by molar-refractivity contribution is -0.137. The normalized spacial score (nSPS) is 14.7. The van der Waals surface area contributed by atoms with Crippen LogP contribution in [0.2, 0.25) is 0 Å². The van der Waals surface area contributed by atoms with Crippen molar-refractivity contribution in [1.82, 2.24) is 37.2 Å². The van der Waals surface area contributed by atoms with E-state index in [1.54, 1.807) is 20.8 Å². The molecule has 0 bridgehead atoms. The predicted octanol–water partition coefficient (Wildman–Crippen LogP) is -3.38. The van der Waals surface area contributed by atoms with Gasteiger partial charge >= 0.3 is 0 Å². The van der Waals surface area contributed by atoms with Crippen LogP contribution in [0.3, 0.4) is 0 Å². The summed E-state index contributed by atoms with van der Waals surface area (Å²) < 4.78 is 0. The summed E-state index contributed by atoms with van der Waals surface area (Å²) in [6, 6.07) is -6.35. The molecule has 302 valence electrons. The number of nitrogens with one attached hydrogen (secondary N) is 7. The molecule has 0 saturated heterocycles. The van der Waals surface area contributed by atoms with Crippen LogP contribution in [0.5, 0.6) is 0 Å². The molecule has 0 rings (SSSR count). The van der Waals surface area contributed by atoms with Crippen molar-refractivity contribution in [3.05, 3.63) is 0 Å². The number of rotatable bonds is 26. The van der Waals surface area contributed by atoms with E-state index in [0.29, 0.717) is 32.2 Å². The van der Waals surface area contributed by atoms with Gasteiger partial charge in [0.2, 0.25) is 47.3 Å². The Bertz CT molecular complexity index is 1270. The molecular weight excluding hydrogens is 694 g/mol. The second-order valence-corrected chi connectivity index (χ2v) is 12.8. The second-order valence-electron chi connectivity index (χ2n) is 12.8. The first-order valence-electron chi connectivity index (χ1n) is 17.9. The number of hydrogen-bond donors (Lipinski definition) is 11. The molecule has 0 aromatic heterocycles. The highest BCUT2D eigenvalue weighted by Gasteiger charge is 2.35. The van der Waals surface area contributed by atoms with Crippen LogP contribution in [-0.4, -0.2) is 114 Å². The molecule has 0 aromatic carbocycles. The van der Waals surface area contributed by atoms with Gasteiger partial charge in [0.25, 0.3) is 0 Å². The van der Waals surface area contributed by atoms with Gasteiger partial charge in [0.05, 0.1) is 6.10 Å². The van der Waals surface area contributed by atoms with Crippen LogP contribution in [0, 0.1) is 5.92 Å². The standard InChI is InChI=1S/C33H61N11O9/c1-7-18(3)26(40-21(6)47)31(52)44-27(19(4)45)32(53)43-24(14-15-25(34)48)30(51)42-23(12-9-10-16-38-20(5)46)29(50)41-22(28(49)37-8-2)13-11-17-39-33(35)36/h18-19,22-24,26-27,45H,7-17H2,1-6H3,(H2,34,48)(H,37,49)(H,38,46)(H,40,47)(H,41,50)(H,42,51)(H,43,53)(H,44,52)(H4,35,36,39)/t18-,19+,22-,23-,24-,26+,27-/m0/s1. The smallest absolute Gasteiger partial charge is 0.245 e. The number of guanidine groups is 1. The van der Waals surface area contributed by atoms with E-state index in [4.69, 9.17) is 17.2 Å². The number of carbonyl (C=O) groups is 8. The molecular formula is C33H61N11O9. The summed E-state index contributed by atoms with van der Waals surface area (Å²) in [7, 11) is 0. The molecule has 0 aliphatic heterocycles. The Labute approximate surface area is 310 Å². The third kappa shape index (κ3) is 20.6. The van der Waals surface area contributed by atoms with Crippen molar-refractivity contribution in [1.29, 1.82) is 0 Å². The molecule has 0 aromatic rings. The number of hydrogen-bond acceptors (Lipinski definition) is 10. The van der Waals surface area contributed by atoms with Crippen molar-refractivity contribution >= 4 is 53.2 Å². The number of carbonyl (C=O) groups excluding carboxylic acids is 8. The van der Waals surface area contributed by atoms with Gasteiger partial charge in [-0.15, -0.1) is 0 Å². The maximum absolute atomic E-state index is 13.7. The molecule has 20 nitrogen and oxygen atoms in total. The molecule has 0 saturated carbocycles. The molecule has 0 heterocycles. The van der Waals surface area contributed by atoms with Crippen molar-refractivity contribution in [2.45, 2.75) is 129 Å². The van der Waals surface area contributed by atoms with Gasteiger partial charge in [0.15, 0.2) is 5.96 Å². The SMILES string of the molecule is CCNC(=O)[C@H](CCCN=C(N)N)NC(=O)[C@H](CCCCNC(C)=O)NC(=O)[C@H](CCC(N)=O)NC(=O)[C@@H](NC(=O)[C@H](NC(C)=O)[C@@H](C)CC)[C@@H](C)O. The summed E-state index contributed by atoms with van der Waals surface area (Å²) in [6.45, 7) is 9.83. The molecule has 53 heavy (non-hydrogen) atoms. The van der Waals surface area contributed by atoms with E-state index in [9.17, 15) is 43.5 Å². The predicted molar refractivity (Wildman–Crippen MR) is 196 cm³/mol. The number of aliphatic imine (C=N–C) groups is 1. The molecule has 0 unspecified atom stereocenters. The molecule has 8 amide bonds. The molecule has 14 N–H and O–H groups in total. The molecule has 0 aliphatic rings. The summed E-state index contributed by atoms with van der Waals surface area (Å²) in [5.41, 5.74) is 16.1. The highest BCUT2D eigenvalue weighted by molar-refractivity contribution is 5.96. The van der Waals surface area contributed by atoms with Gasteiger partial charge in [-0.3, -0.25) is 43.3 Å². The van der Waals surface area contributed by atoms with Crippen LogP contribution in [0.15, 0.2) is 4.99 Å². The minimum absolute atomic E-state index is 0.0519. The first kappa shape index (κ1) is 48.0. The third-order valence-corrected chi connectivity index (χ3v) is 8.09. The van der Waals surface area contributed by atoms with Gasteiger partial charge in [0, 0.05) is 39.9 Å². The first-order chi connectivity index (χ1) is 24.8. The average molecular weight is 756 g/mol. The van der Waals surface area contributed by atoms with Gasteiger partial charge < -0.3 is 59.5 Å². The fourth-order valence-corrected chi connectivity index (χ4v) is 5.01. The third-order valence-electron chi connectivity index (χ3n) is 8.09. The van der Waals surface area contributed by atoms with E-state index < -0.39 is 77.7 Å². The van der Waals surface area contributed by atoms with Crippen LogP contribution in [0.1, 0.15) is 92.9 Å². The number of aliphatic hydroxyl groups is 1. The van der Waals surface area contributed by atoms with Crippen LogP contribution < -0.4 is 54.4 Å². The number of nitrogens with two attached hydrogens (primary N) is 3. The number of nitrogens with zero attached hydrogens (tertiary/aromatic N) is 1. The van der Waals surface area contributed by atoms with Crippen molar-refractivity contribution in [3.8, 4) is 0 Å². The van der Waals surface area contributed by atoms with Crippen LogP contribution in [0.25, 0.3) is 0 Å². The average Bonchev–Trinajstić information content (AvgIpc) is 3.07. The Morgan fingerprint density at radius 2 is 1.15 bits per heavy atom. The lowest BCUT2D eigenvalue weighted by Gasteiger charge is -2.29. The van der Waals surface area contributed by atoms with E-state index in [-0.39, 0.29) is 56.6 Å². The summed E-state index contributed by atoms with van der Waals surface area (Å²) in [4.78, 5) is 106. The van der Waals surface area contributed by atoms with Crippen LogP contribution >= 0.6 is 0 Å². The molecule has 0 radical (unpaired) electrons. The van der Waals surface area contributed by atoms with Gasteiger partial charge in [-0.2, -0.15) is 0 Å². The monoisotopic (exact) mass is 755 g/mol. The van der Waals surface area contributed by atoms with Gasteiger partial charge in [-0.25, -0.2) is 0 Å². The zero-order valence-corrected chi connectivity index (χ0v) is 31.7. The van der Waals surface area contributed by atoms with Crippen molar-refractivity contribution < 1.29 is 43.5 Å². The fourth-order valence-electron chi connectivity index (χ4n) is 5.01. The summed E-state index contributed by atoms with van der Waals surface area (Å²) in [5.74, 6) is -5.82. The maximum atomic E-state index is 13.7. The highest BCUT2D eigenvalue weighted by Crippen LogP contribution is 2.10. The Morgan fingerprint density at radius 3 is 1.64 bits per heavy atom. The number of aliphatic hydroxyl groups excluding tert-OH is 1. The van der Waals surface area contributed by atoms with Gasteiger partial charge in [-0.05, 0) is 58.3 Å². The largest absolute Gasteiger partial charge is 0.391 e. The topological polar surface area (TPSA) is 331 Å². The second kappa shape index (κ2) is 25.9. The molecule has 0 fully saturated rings. The number of amides is 8. The maximum Gasteiger partial charge on any atom is 0.245 e. The highest BCUT2D eigenvalue weighted by atomic mass is 16.3. The first-order valence-corrected chi connectivity index (χ1v) is 17.9. The number of unbranched alkanes of at least 4 members (excludes halogenated alkanes) is 1.